The fourth-order valence-corrected chi connectivity index (χ4v) is 3.12. The average molecular weight is 320 g/mol. The van der Waals surface area contributed by atoms with Crippen LogP contribution in [0.3, 0.4) is 0 Å². The van der Waals surface area contributed by atoms with E-state index >= 15 is 0 Å². The van der Waals surface area contributed by atoms with E-state index in [2.05, 4.69) is 4.74 Å². The van der Waals surface area contributed by atoms with Crippen LogP contribution in [0.25, 0.3) is 0 Å². The molecule has 1 fully saturated rings. The van der Waals surface area contributed by atoms with Crippen LogP contribution in [0.2, 0.25) is 0 Å². The van der Waals surface area contributed by atoms with E-state index in [1.165, 1.54) is 7.11 Å². The molecule has 1 saturated heterocycles. The van der Waals surface area contributed by atoms with E-state index < -0.39 is 47.3 Å². The second kappa shape index (κ2) is 5.84. The molecule has 1 unspecified atom stereocenters. The van der Waals surface area contributed by atoms with Gasteiger partial charge in [-0.25, -0.2) is 0 Å². The normalized spacial score (nSPS) is 25.0. The fraction of sp³-hybridized carbons (Fsp3) is 0.889. The maximum atomic E-state index is 12.9. The fourth-order valence-electron chi connectivity index (χ4n) is 1.87. The minimum atomic E-state index is -5.02. The molecule has 7 nitrogen and oxygen atoms in total. The summed E-state index contributed by atoms with van der Waals surface area (Å²) in [7, 11) is -2.82. The number of aliphatic carboxylic acids is 1. The van der Waals surface area contributed by atoms with Crippen LogP contribution in [-0.2, 0) is 19.7 Å². The third-order valence-corrected chi connectivity index (χ3v) is 4.68. The number of carbonyl (C=O) groups is 1. The third-order valence-electron chi connectivity index (χ3n) is 3.12. The van der Waals surface area contributed by atoms with Crippen molar-refractivity contribution in [3.63, 3.8) is 0 Å². The SMILES string of the molecule is COCCNS(=O)(=O)N1CCC(C(=O)O)(C(F)(F)F)C1. The quantitative estimate of drug-likeness (QED) is 0.661. The lowest BCUT2D eigenvalue weighted by Crippen LogP contribution is -2.49. The highest BCUT2D eigenvalue weighted by Gasteiger charge is 2.64. The summed E-state index contributed by atoms with van der Waals surface area (Å²) >= 11 is 0. The maximum Gasteiger partial charge on any atom is 0.406 e. The zero-order chi connectivity index (χ0) is 15.6. The van der Waals surface area contributed by atoms with Gasteiger partial charge in [-0.3, -0.25) is 4.79 Å². The largest absolute Gasteiger partial charge is 0.481 e. The van der Waals surface area contributed by atoms with Gasteiger partial charge in [0.25, 0.3) is 10.2 Å². The molecule has 0 aromatic carbocycles. The van der Waals surface area contributed by atoms with Gasteiger partial charge in [0.1, 0.15) is 0 Å². The monoisotopic (exact) mass is 320 g/mol. The number of methoxy groups -OCH3 is 1. The first-order valence-electron chi connectivity index (χ1n) is 5.60. The summed E-state index contributed by atoms with van der Waals surface area (Å²) in [5, 5.41) is 8.82. The predicted octanol–water partition coefficient (Wildman–Crippen LogP) is -0.194. The van der Waals surface area contributed by atoms with Crippen molar-refractivity contribution < 1.29 is 36.2 Å². The Labute approximate surface area is 113 Å². The summed E-state index contributed by atoms with van der Waals surface area (Å²) in [4.78, 5) is 10.9. The average Bonchev–Trinajstić information content (AvgIpc) is 2.75. The molecule has 2 N–H and O–H groups in total. The van der Waals surface area contributed by atoms with Crippen LogP contribution in [0.5, 0.6) is 0 Å². The summed E-state index contributed by atoms with van der Waals surface area (Å²) in [5.74, 6) is -2.07. The first-order chi connectivity index (χ1) is 9.07. The van der Waals surface area contributed by atoms with Gasteiger partial charge in [0, 0.05) is 26.7 Å². The zero-order valence-corrected chi connectivity index (χ0v) is 11.4. The minimum absolute atomic E-state index is 0.0520. The molecular weight excluding hydrogens is 305 g/mol. The van der Waals surface area contributed by atoms with Crippen molar-refractivity contribution >= 4 is 16.2 Å². The molecule has 11 heteroatoms. The first-order valence-corrected chi connectivity index (χ1v) is 7.04. The Bertz CT molecular complexity index is 467. The van der Waals surface area contributed by atoms with Gasteiger partial charge in [0.2, 0.25) is 0 Å². The van der Waals surface area contributed by atoms with Crippen molar-refractivity contribution in [2.75, 3.05) is 33.4 Å². The van der Waals surface area contributed by atoms with Crippen LogP contribution >= 0.6 is 0 Å². The molecule has 0 aromatic heterocycles. The number of carboxylic acids is 1. The van der Waals surface area contributed by atoms with Crippen molar-refractivity contribution in [3.05, 3.63) is 0 Å². The van der Waals surface area contributed by atoms with E-state index in [0.717, 1.165) is 0 Å². The molecular formula is C9H15F3N2O5S. The molecule has 20 heavy (non-hydrogen) atoms. The Hall–Kier alpha value is -0.910. The van der Waals surface area contributed by atoms with Crippen LogP contribution in [0.1, 0.15) is 6.42 Å². The number of hydrogen-bond acceptors (Lipinski definition) is 4. The van der Waals surface area contributed by atoms with Crippen molar-refractivity contribution in [2.24, 2.45) is 5.41 Å². The van der Waals surface area contributed by atoms with E-state index in [0.29, 0.717) is 4.31 Å². The van der Waals surface area contributed by atoms with Crippen molar-refractivity contribution in [1.29, 1.82) is 0 Å². The van der Waals surface area contributed by atoms with Crippen molar-refractivity contribution in [2.45, 2.75) is 12.6 Å². The molecule has 0 saturated carbocycles. The number of ether oxygens (including phenoxy) is 1. The Morgan fingerprint density at radius 1 is 1.50 bits per heavy atom. The van der Waals surface area contributed by atoms with E-state index in [4.69, 9.17) is 5.11 Å². The van der Waals surface area contributed by atoms with E-state index in [1.54, 1.807) is 0 Å². The van der Waals surface area contributed by atoms with Crippen LogP contribution in [0.4, 0.5) is 13.2 Å². The van der Waals surface area contributed by atoms with Gasteiger partial charge in [-0.2, -0.15) is 30.6 Å². The van der Waals surface area contributed by atoms with Gasteiger partial charge in [0.15, 0.2) is 5.41 Å². The zero-order valence-electron chi connectivity index (χ0n) is 10.6. The summed E-state index contributed by atoms with van der Waals surface area (Å²) in [6.07, 6.45) is -5.83. The highest BCUT2D eigenvalue weighted by molar-refractivity contribution is 7.87. The van der Waals surface area contributed by atoms with Crippen LogP contribution < -0.4 is 4.72 Å². The van der Waals surface area contributed by atoms with Gasteiger partial charge in [-0.15, -0.1) is 0 Å². The molecule has 118 valence electrons. The molecule has 1 atom stereocenters. The van der Waals surface area contributed by atoms with E-state index in [9.17, 15) is 26.4 Å². The number of halogens is 3. The molecule has 0 radical (unpaired) electrons. The van der Waals surface area contributed by atoms with Gasteiger partial charge in [-0.05, 0) is 6.42 Å². The smallest absolute Gasteiger partial charge is 0.406 e. The Balaban J connectivity index is 2.87. The lowest BCUT2D eigenvalue weighted by molar-refractivity contribution is -0.226. The van der Waals surface area contributed by atoms with Gasteiger partial charge in [-0.1, -0.05) is 0 Å². The number of carboxylic acid groups (broad SMARTS) is 1. The van der Waals surface area contributed by atoms with Crippen LogP contribution in [0, 0.1) is 5.41 Å². The molecule has 1 rings (SSSR count). The standard InChI is InChI=1S/C9H15F3N2O5S/c1-19-5-3-13-20(17,18)14-4-2-8(6-14,7(15)16)9(10,11)12/h13H,2-6H2,1H3,(H,15,16). The highest BCUT2D eigenvalue weighted by Crippen LogP contribution is 2.46. The minimum Gasteiger partial charge on any atom is -0.481 e. The van der Waals surface area contributed by atoms with Gasteiger partial charge in [0.05, 0.1) is 6.61 Å². The first kappa shape index (κ1) is 17.1. The lowest BCUT2D eigenvalue weighted by atomic mass is 9.86. The molecule has 1 aliphatic rings. The second-order valence-corrected chi connectivity index (χ2v) is 6.12. The molecule has 0 aliphatic carbocycles. The molecule has 1 heterocycles. The summed E-state index contributed by atoms with van der Waals surface area (Å²) in [6, 6.07) is 0. The lowest BCUT2D eigenvalue weighted by Gasteiger charge is -2.27. The van der Waals surface area contributed by atoms with Gasteiger partial charge < -0.3 is 9.84 Å². The number of alkyl halides is 3. The molecule has 0 amide bonds. The second-order valence-electron chi connectivity index (χ2n) is 4.36. The summed E-state index contributed by atoms with van der Waals surface area (Å²) < 4.78 is 69.3. The topological polar surface area (TPSA) is 95.9 Å². The van der Waals surface area contributed by atoms with Crippen molar-refractivity contribution in [3.8, 4) is 0 Å². The summed E-state index contributed by atoms with van der Waals surface area (Å²) in [5.41, 5.74) is -3.05. The number of nitrogens with zero attached hydrogens (tertiary/aromatic N) is 1. The van der Waals surface area contributed by atoms with E-state index in [-0.39, 0.29) is 13.2 Å². The van der Waals surface area contributed by atoms with E-state index in [1.807, 2.05) is 4.72 Å². The molecule has 1 aliphatic heterocycles. The predicted molar refractivity (Wildman–Crippen MR) is 61.1 cm³/mol. The Morgan fingerprint density at radius 3 is 2.50 bits per heavy atom. The van der Waals surface area contributed by atoms with Crippen molar-refractivity contribution in [1.82, 2.24) is 9.03 Å². The number of nitrogens with one attached hydrogen (secondary N) is 1. The Morgan fingerprint density at radius 2 is 2.10 bits per heavy atom. The number of rotatable bonds is 6. The van der Waals surface area contributed by atoms with Gasteiger partial charge >= 0.3 is 12.1 Å². The Kier molecular flexibility index (Phi) is 5.00. The maximum absolute atomic E-state index is 12.9. The third kappa shape index (κ3) is 3.22. The van der Waals surface area contributed by atoms with Crippen LogP contribution in [-0.4, -0.2) is 63.3 Å². The molecule has 0 bridgehead atoms. The molecule has 0 aromatic rings. The van der Waals surface area contributed by atoms with Crippen LogP contribution in [0.15, 0.2) is 0 Å². The summed E-state index contributed by atoms with van der Waals surface area (Å²) in [6.45, 7) is -1.69. The highest BCUT2D eigenvalue weighted by atomic mass is 32.2. The molecule has 0 spiro atoms. The number of hydrogen-bond donors (Lipinski definition) is 2.